The van der Waals surface area contributed by atoms with Gasteiger partial charge < -0.3 is 4.90 Å². The Morgan fingerprint density at radius 1 is 1.13 bits per heavy atom. The van der Waals surface area contributed by atoms with Crippen molar-refractivity contribution in [3.63, 3.8) is 0 Å². The number of nitriles is 1. The van der Waals surface area contributed by atoms with Crippen LogP contribution in [0.25, 0.3) is 0 Å². The van der Waals surface area contributed by atoms with Crippen molar-refractivity contribution in [3.05, 3.63) is 53.5 Å². The first-order valence-corrected chi connectivity index (χ1v) is 10.3. The molecule has 2 aromatic rings. The number of hydrogen-bond donors (Lipinski definition) is 0. The van der Waals surface area contributed by atoms with Gasteiger partial charge in [-0.1, -0.05) is 0 Å². The molecule has 3 unspecified atom stereocenters. The Morgan fingerprint density at radius 2 is 1.90 bits per heavy atom. The average Bonchev–Trinajstić information content (AvgIpc) is 3.50. The van der Waals surface area contributed by atoms with Gasteiger partial charge in [0.05, 0.1) is 6.04 Å². The normalized spacial score (nSPS) is 26.9. The molecule has 31 heavy (non-hydrogen) atoms. The van der Waals surface area contributed by atoms with Crippen LogP contribution in [0.2, 0.25) is 0 Å². The Labute approximate surface area is 178 Å². The zero-order chi connectivity index (χ0) is 21.5. The molecule has 0 radical (unpaired) electrons. The average molecular weight is 422 g/mol. The second kappa shape index (κ2) is 7.69. The number of hydrogen-bond acceptors (Lipinski definition) is 6. The minimum Gasteiger partial charge on any atom is -0.356 e. The van der Waals surface area contributed by atoms with Crippen LogP contribution in [0.1, 0.15) is 36.6 Å². The summed E-state index contributed by atoms with van der Waals surface area (Å²) < 4.78 is 28.0. The van der Waals surface area contributed by atoms with Crippen molar-refractivity contribution in [2.45, 2.75) is 25.3 Å². The van der Waals surface area contributed by atoms with Gasteiger partial charge in [0.2, 0.25) is 5.91 Å². The lowest BCUT2D eigenvalue weighted by Gasteiger charge is -2.26. The highest BCUT2D eigenvalue weighted by atomic mass is 19.1. The van der Waals surface area contributed by atoms with E-state index in [2.05, 4.69) is 20.0 Å². The highest BCUT2D eigenvalue weighted by molar-refractivity contribution is 5.82. The van der Waals surface area contributed by atoms with Crippen molar-refractivity contribution in [2.75, 3.05) is 18.0 Å². The van der Waals surface area contributed by atoms with Crippen LogP contribution in [0.3, 0.4) is 0 Å². The van der Waals surface area contributed by atoms with E-state index in [0.717, 1.165) is 49.9 Å². The predicted molar refractivity (Wildman–Crippen MR) is 108 cm³/mol. The van der Waals surface area contributed by atoms with Gasteiger partial charge in [0.25, 0.3) is 0 Å². The maximum Gasteiger partial charge on any atom is 0.246 e. The van der Waals surface area contributed by atoms with Crippen LogP contribution in [0.15, 0.2) is 35.7 Å². The van der Waals surface area contributed by atoms with E-state index in [-0.39, 0.29) is 17.4 Å². The van der Waals surface area contributed by atoms with Crippen molar-refractivity contribution < 1.29 is 13.6 Å². The fraction of sp³-hybridized carbons (Fsp3) is 0.409. The molecule has 1 aliphatic carbocycles. The van der Waals surface area contributed by atoms with E-state index in [9.17, 15) is 13.6 Å². The number of fused-ring (bicyclic) bond motifs is 1. The summed E-state index contributed by atoms with van der Waals surface area (Å²) in [6.45, 7) is 1.53. The molecule has 3 heterocycles. The number of rotatable bonds is 3. The lowest BCUT2D eigenvalue weighted by molar-refractivity contribution is -0.137. The number of anilines is 1. The van der Waals surface area contributed by atoms with Crippen LogP contribution in [0.5, 0.6) is 0 Å². The molecular weight excluding hydrogens is 402 g/mol. The molecule has 3 atom stereocenters. The highest BCUT2D eigenvalue weighted by Gasteiger charge is 2.46. The number of carbonyl (C=O) groups is 1. The minimum absolute atomic E-state index is 0.128. The summed E-state index contributed by atoms with van der Waals surface area (Å²) >= 11 is 0. The van der Waals surface area contributed by atoms with E-state index in [1.165, 1.54) is 11.3 Å². The SMILES string of the molecule is N#Cc1cc(N2CC3CC(C(=O)N4N=CCC4c4cc(F)ccc4F)CC3C2)ncn1. The molecule has 1 amide bonds. The maximum absolute atomic E-state index is 14.3. The summed E-state index contributed by atoms with van der Waals surface area (Å²) in [5, 5.41) is 14.6. The Hall–Kier alpha value is -3.41. The molecule has 2 aliphatic heterocycles. The van der Waals surface area contributed by atoms with Gasteiger partial charge in [0, 0.05) is 43.3 Å². The molecule has 1 aromatic carbocycles. The molecule has 9 heteroatoms. The number of halogens is 2. The molecule has 0 bridgehead atoms. The first-order valence-electron chi connectivity index (χ1n) is 10.3. The van der Waals surface area contributed by atoms with Gasteiger partial charge >= 0.3 is 0 Å². The third-order valence-electron chi connectivity index (χ3n) is 6.56. The number of hydrazone groups is 1. The fourth-order valence-corrected chi connectivity index (χ4v) is 5.11. The van der Waals surface area contributed by atoms with Crippen molar-refractivity contribution in [2.24, 2.45) is 22.9 Å². The first kappa shape index (κ1) is 19.5. The van der Waals surface area contributed by atoms with Crippen LogP contribution in [0, 0.1) is 40.7 Å². The number of benzene rings is 1. The molecule has 1 saturated carbocycles. The van der Waals surface area contributed by atoms with E-state index >= 15 is 0 Å². The van der Waals surface area contributed by atoms with Crippen LogP contribution in [-0.2, 0) is 4.79 Å². The zero-order valence-electron chi connectivity index (χ0n) is 16.7. The molecule has 158 valence electrons. The summed E-state index contributed by atoms with van der Waals surface area (Å²) in [6.07, 6.45) is 4.80. The minimum atomic E-state index is -0.606. The summed E-state index contributed by atoms with van der Waals surface area (Å²) in [5.41, 5.74) is 0.491. The number of carbonyl (C=O) groups excluding carboxylic acids is 1. The Bertz CT molecular complexity index is 1090. The number of aromatic nitrogens is 2. The first-order chi connectivity index (χ1) is 15.0. The molecule has 1 saturated heterocycles. The van der Waals surface area contributed by atoms with Crippen molar-refractivity contribution >= 4 is 17.9 Å². The number of nitrogens with zero attached hydrogens (tertiary/aromatic N) is 6. The van der Waals surface area contributed by atoms with E-state index in [1.807, 2.05) is 6.07 Å². The van der Waals surface area contributed by atoms with Gasteiger partial charge in [-0.05, 0) is 42.9 Å². The smallest absolute Gasteiger partial charge is 0.246 e. The molecule has 5 rings (SSSR count). The van der Waals surface area contributed by atoms with Gasteiger partial charge in [-0.3, -0.25) is 4.79 Å². The quantitative estimate of drug-likeness (QED) is 0.759. The van der Waals surface area contributed by atoms with Crippen LogP contribution < -0.4 is 4.90 Å². The lowest BCUT2D eigenvalue weighted by Crippen LogP contribution is -2.33. The molecule has 7 nitrogen and oxygen atoms in total. The second-order valence-electron chi connectivity index (χ2n) is 8.36. The molecule has 2 fully saturated rings. The van der Waals surface area contributed by atoms with Crippen LogP contribution >= 0.6 is 0 Å². The zero-order valence-corrected chi connectivity index (χ0v) is 16.7. The van der Waals surface area contributed by atoms with E-state index in [0.29, 0.717) is 24.0 Å². The lowest BCUT2D eigenvalue weighted by atomic mass is 10.00. The third-order valence-corrected chi connectivity index (χ3v) is 6.56. The summed E-state index contributed by atoms with van der Waals surface area (Å²) in [6, 6.07) is 6.41. The standard InChI is InChI=1S/C22H20F2N6O/c23-16-1-2-19(24)18(7-16)20-3-4-28-30(20)22(31)13-5-14-10-29(11-15(14)6-13)21-8-17(9-25)26-12-27-21/h1-2,4,7-8,12-15,20H,3,5-6,10-11H2. The second-order valence-corrected chi connectivity index (χ2v) is 8.36. The van der Waals surface area contributed by atoms with Crippen molar-refractivity contribution in [3.8, 4) is 6.07 Å². The van der Waals surface area contributed by atoms with Gasteiger partial charge in [-0.25, -0.2) is 23.8 Å². The number of amides is 1. The monoisotopic (exact) mass is 422 g/mol. The van der Waals surface area contributed by atoms with E-state index < -0.39 is 17.7 Å². The summed E-state index contributed by atoms with van der Waals surface area (Å²) in [4.78, 5) is 23.5. The maximum atomic E-state index is 14.3. The fourth-order valence-electron chi connectivity index (χ4n) is 5.11. The van der Waals surface area contributed by atoms with Crippen molar-refractivity contribution in [1.82, 2.24) is 15.0 Å². The van der Waals surface area contributed by atoms with Crippen molar-refractivity contribution in [1.29, 1.82) is 5.26 Å². The Kier molecular flexibility index (Phi) is 4.85. The molecular formula is C22H20F2N6O. The molecule has 0 N–H and O–H groups in total. The molecule has 3 aliphatic rings. The van der Waals surface area contributed by atoms with E-state index in [4.69, 9.17) is 5.26 Å². The largest absolute Gasteiger partial charge is 0.356 e. The van der Waals surface area contributed by atoms with Gasteiger partial charge in [-0.2, -0.15) is 10.4 Å². The van der Waals surface area contributed by atoms with Gasteiger partial charge in [-0.15, -0.1) is 0 Å². The topological polar surface area (TPSA) is 85.5 Å². The Morgan fingerprint density at radius 3 is 2.65 bits per heavy atom. The summed E-state index contributed by atoms with van der Waals surface area (Å²) in [5.74, 6) is 0.0276. The van der Waals surface area contributed by atoms with Crippen LogP contribution in [0.4, 0.5) is 14.6 Å². The Balaban J connectivity index is 1.27. The molecule has 0 spiro atoms. The van der Waals surface area contributed by atoms with E-state index in [1.54, 1.807) is 12.3 Å². The molecule has 1 aromatic heterocycles. The summed E-state index contributed by atoms with van der Waals surface area (Å²) in [7, 11) is 0. The third kappa shape index (κ3) is 3.52. The van der Waals surface area contributed by atoms with Crippen LogP contribution in [-0.4, -0.2) is 40.2 Å². The van der Waals surface area contributed by atoms with Gasteiger partial charge in [0.15, 0.2) is 0 Å². The highest BCUT2D eigenvalue weighted by Crippen LogP contribution is 2.44. The van der Waals surface area contributed by atoms with Gasteiger partial charge in [0.1, 0.15) is 35.5 Å². The predicted octanol–water partition coefficient (Wildman–Crippen LogP) is 3.05.